The lowest BCUT2D eigenvalue weighted by atomic mass is 10.1. The molecule has 0 heterocycles. The summed E-state index contributed by atoms with van der Waals surface area (Å²) in [6.07, 6.45) is 5.22. The molecule has 0 aromatic heterocycles. The van der Waals surface area contributed by atoms with Crippen LogP contribution in [0.5, 0.6) is 0 Å². The molecule has 0 aliphatic carbocycles. The summed E-state index contributed by atoms with van der Waals surface area (Å²) >= 11 is 0. The van der Waals surface area contributed by atoms with Gasteiger partial charge >= 0.3 is 5.97 Å². The molecule has 1 unspecified atom stereocenters. The average Bonchev–Trinajstić information content (AvgIpc) is 2.68. The summed E-state index contributed by atoms with van der Waals surface area (Å²) in [6, 6.07) is 9.26. The summed E-state index contributed by atoms with van der Waals surface area (Å²) in [6.45, 7) is 10.6. The molecule has 1 atom stereocenters. The Morgan fingerprint density at radius 1 is 1.11 bits per heavy atom. The lowest BCUT2D eigenvalue weighted by molar-refractivity contribution is -0.145. The molecule has 0 spiro atoms. The molecule has 5 heteroatoms. The Hall–Kier alpha value is -1.90. The maximum atomic E-state index is 12.3. The van der Waals surface area contributed by atoms with Gasteiger partial charge in [-0.25, -0.2) is 0 Å². The first kappa shape index (κ1) is 23.1. The standard InChI is InChI=1S/C22H35N3O2/c1-4-14-25(15-5-2)16-8-7-9-21(22(26)27-6-3)24-18-20-12-10-19(17-23)11-13-20/h10-13,21,24H,4-9,14-16,18H2,1-3H3. The van der Waals surface area contributed by atoms with Gasteiger partial charge in [0.15, 0.2) is 0 Å². The molecule has 0 saturated heterocycles. The fourth-order valence-electron chi connectivity index (χ4n) is 3.14. The van der Waals surface area contributed by atoms with Crippen molar-refractivity contribution in [1.29, 1.82) is 5.26 Å². The van der Waals surface area contributed by atoms with Gasteiger partial charge in [-0.3, -0.25) is 4.79 Å². The Morgan fingerprint density at radius 2 is 1.78 bits per heavy atom. The third kappa shape index (κ3) is 9.55. The van der Waals surface area contributed by atoms with Crippen LogP contribution in [-0.4, -0.2) is 43.2 Å². The summed E-state index contributed by atoms with van der Waals surface area (Å²) in [7, 11) is 0. The van der Waals surface area contributed by atoms with Gasteiger partial charge in [0.25, 0.3) is 0 Å². The van der Waals surface area contributed by atoms with Crippen LogP contribution in [0.1, 0.15) is 64.0 Å². The number of unbranched alkanes of at least 4 members (excludes halogenated alkanes) is 1. The first-order valence-corrected chi connectivity index (χ1v) is 10.3. The van der Waals surface area contributed by atoms with Crippen LogP contribution in [0.2, 0.25) is 0 Å². The molecule has 150 valence electrons. The van der Waals surface area contributed by atoms with E-state index in [9.17, 15) is 4.79 Å². The number of carbonyl (C=O) groups excluding carboxylic acids is 1. The van der Waals surface area contributed by atoms with Crippen LogP contribution in [0.4, 0.5) is 0 Å². The van der Waals surface area contributed by atoms with Gasteiger partial charge in [0.05, 0.1) is 18.2 Å². The van der Waals surface area contributed by atoms with Crippen molar-refractivity contribution in [3.8, 4) is 6.07 Å². The molecule has 0 saturated carbocycles. The number of nitrogens with zero attached hydrogens (tertiary/aromatic N) is 2. The zero-order chi connectivity index (χ0) is 19.9. The Kier molecular flexibility index (Phi) is 12.2. The number of hydrogen-bond donors (Lipinski definition) is 1. The summed E-state index contributed by atoms with van der Waals surface area (Å²) in [5, 5.41) is 12.2. The van der Waals surface area contributed by atoms with Gasteiger partial charge in [-0.05, 0) is 69.9 Å². The highest BCUT2D eigenvalue weighted by atomic mass is 16.5. The monoisotopic (exact) mass is 373 g/mol. The Labute approximate surface area is 164 Å². The van der Waals surface area contributed by atoms with E-state index < -0.39 is 0 Å². The second kappa shape index (κ2) is 14.2. The maximum absolute atomic E-state index is 12.3. The highest BCUT2D eigenvalue weighted by Gasteiger charge is 2.19. The van der Waals surface area contributed by atoms with Crippen LogP contribution in [0.25, 0.3) is 0 Å². The quantitative estimate of drug-likeness (QED) is 0.396. The van der Waals surface area contributed by atoms with Crippen LogP contribution in [0.15, 0.2) is 24.3 Å². The summed E-state index contributed by atoms with van der Waals surface area (Å²) in [4.78, 5) is 14.8. The Bertz CT molecular complexity index is 560. The van der Waals surface area contributed by atoms with Gasteiger partial charge in [0.1, 0.15) is 6.04 Å². The van der Waals surface area contributed by atoms with E-state index >= 15 is 0 Å². The molecular weight excluding hydrogens is 338 g/mol. The highest BCUT2D eigenvalue weighted by Crippen LogP contribution is 2.08. The lowest BCUT2D eigenvalue weighted by Crippen LogP contribution is -2.38. The van der Waals surface area contributed by atoms with E-state index in [1.807, 2.05) is 19.1 Å². The summed E-state index contributed by atoms with van der Waals surface area (Å²) in [5.74, 6) is -0.176. The molecule has 1 rings (SSSR count). The molecule has 0 radical (unpaired) electrons. The van der Waals surface area contributed by atoms with Gasteiger partial charge in [0, 0.05) is 6.54 Å². The molecular formula is C22H35N3O2. The Morgan fingerprint density at radius 3 is 2.33 bits per heavy atom. The number of hydrogen-bond acceptors (Lipinski definition) is 5. The predicted octanol–water partition coefficient (Wildman–Crippen LogP) is 3.87. The van der Waals surface area contributed by atoms with E-state index in [-0.39, 0.29) is 12.0 Å². The molecule has 0 fully saturated rings. The SMILES string of the molecule is CCCN(CCC)CCCCC(NCc1ccc(C#N)cc1)C(=O)OCC. The number of ether oxygens (including phenoxy) is 1. The smallest absolute Gasteiger partial charge is 0.323 e. The minimum atomic E-state index is -0.286. The number of benzene rings is 1. The molecule has 1 aromatic rings. The van der Waals surface area contributed by atoms with Crippen molar-refractivity contribution >= 4 is 5.97 Å². The normalized spacial score (nSPS) is 12.0. The van der Waals surface area contributed by atoms with Crippen LogP contribution in [-0.2, 0) is 16.1 Å². The van der Waals surface area contributed by atoms with Gasteiger partial charge in [-0.1, -0.05) is 32.4 Å². The van der Waals surface area contributed by atoms with Crippen LogP contribution in [0.3, 0.4) is 0 Å². The van der Waals surface area contributed by atoms with Crippen molar-refractivity contribution in [1.82, 2.24) is 10.2 Å². The van der Waals surface area contributed by atoms with E-state index in [2.05, 4.69) is 30.1 Å². The number of rotatable bonds is 14. The molecule has 1 N–H and O–H groups in total. The van der Waals surface area contributed by atoms with Crippen molar-refractivity contribution in [3.05, 3.63) is 35.4 Å². The zero-order valence-corrected chi connectivity index (χ0v) is 17.2. The minimum absolute atomic E-state index is 0.176. The van der Waals surface area contributed by atoms with Crippen LogP contribution >= 0.6 is 0 Å². The van der Waals surface area contributed by atoms with Crippen molar-refractivity contribution < 1.29 is 9.53 Å². The van der Waals surface area contributed by atoms with Crippen LogP contribution in [0, 0.1) is 11.3 Å². The first-order chi connectivity index (χ1) is 13.1. The Balaban J connectivity index is 2.48. The van der Waals surface area contributed by atoms with E-state index in [0.717, 1.165) is 44.5 Å². The largest absolute Gasteiger partial charge is 0.465 e. The molecule has 27 heavy (non-hydrogen) atoms. The van der Waals surface area contributed by atoms with Crippen LogP contribution < -0.4 is 5.32 Å². The van der Waals surface area contributed by atoms with Crippen molar-refractivity contribution in [2.45, 2.75) is 65.5 Å². The molecule has 1 aromatic carbocycles. The third-order valence-corrected chi connectivity index (χ3v) is 4.50. The number of esters is 1. The number of nitriles is 1. The van der Waals surface area contributed by atoms with Gasteiger partial charge in [0.2, 0.25) is 0 Å². The van der Waals surface area contributed by atoms with Crippen molar-refractivity contribution in [2.24, 2.45) is 0 Å². The van der Waals surface area contributed by atoms with E-state index in [1.54, 1.807) is 12.1 Å². The molecule has 5 nitrogen and oxygen atoms in total. The molecule has 0 bridgehead atoms. The fraction of sp³-hybridized carbons (Fsp3) is 0.636. The molecule has 0 amide bonds. The van der Waals surface area contributed by atoms with E-state index in [1.165, 1.54) is 12.8 Å². The minimum Gasteiger partial charge on any atom is -0.465 e. The second-order valence-corrected chi connectivity index (χ2v) is 6.83. The maximum Gasteiger partial charge on any atom is 0.323 e. The fourth-order valence-corrected chi connectivity index (χ4v) is 3.14. The predicted molar refractivity (Wildman–Crippen MR) is 109 cm³/mol. The zero-order valence-electron chi connectivity index (χ0n) is 17.2. The summed E-state index contributed by atoms with van der Waals surface area (Å²) in [5.41, 5.74) is 1.70. The second-order valence-electron chi connectivity index (χ2n) is 6.83. The topological polar surface area (TPSA) is 65.4 Å². The molecule has 0 aliphatic heterocycles. The molecule has 0 aliphatic rings. The third-order valence-electron chi connectivity index (χ3n) is 4.50. The van der Waals surface area contributed by atoms with Crippen molar-refractivity contribution in [2.75, 3.05) is 26.2 Å². The van der Waals surface area contributed by atoms with Gasteiger partial charge in [-0.15, -0.1) is 0 Å². The lowest BCUT2D eigenvalue weighted by Gasteiger charge is -2.22. The van der Waals surface area contributed by atoms with E-state index in [4.69, 9.17) is 10.00 Å². The van der Waals surface area contributed by atoms with Gasteiger partial charge < -0.3 is 15.0 Å². The first-order valence-electron chi connectivity index (χ1n) is 10.3. The summed E-state index contributed by atoms with van der Waals surface area (Å²) < 4.78 is 5.23. The van der Waals surface area contributed by atoms with Crippen molar-refractivity contribution in [3.63, 3.8) is 0 Å². The number of nitrogens with one attached hydrogen (secondary N) is 1. The van der Waals surface area contributed by atoms with E-state index in [0.29, 0.717) is 18.7 Å². The highest BCUT2D eigenvalue weighted by molar-refractivity contribution is 5.75. The average molecular weight is 374 g/mol. The number of carbonyl (C=O) groups is 1. The van der Waals surface area contributed by atoms with Gasteiger partial charge in [-0.2, -0.15) is 5.26 Å².